The van der Waals surface area contributed by atoms with Crippen LogP contribution in [0.25, 0.3) is 23.2 Å². The van der Waals surface area contributed by atoms with Crippen LogP contribution in [0.5, 0.6) is 0 Å². The highest BCUT2D eigenvalue weighted by Crippen LogP contribution is 2.19. The Morgan fingerprint density at radius 1 is 1.03 bits per heavy atom. The molecule has 3 nitrogen and oxygen atoms in total. The highest BCUT2D eigenvalue weighted by molar-refractivity contribution is 5.76. The number of pyridine rings is 1. The second kappa shape index (κ2) is 11.9. The van der Waals surface area contributed by atoms with E-state index in [1.807, 2.05) is 38.3 Å². The van der Waals surface area contributed by atoms with E-state index < -0.39 is 6.67 Å². The van der Waals surface area contributed by atoms with Gasteiger partial charge in [0.05, 0.1) is 23.1 Å². The molecule has 0 aliphatic heterocycles. The summed E-state index contributed by atoms with van der Waals surface area (Å²) in [6.45, 7) is 19.5. The van der Waals surface area contributed by atoms with Gasteiger partial charge >= 0.3 is 0 Å². The fraction of sp³-hybridized carbons (Fsp3) is 0.360. The van der Waals surface area contributed by atoms with Gasteiger partial charge in [-0.05, 0) is 60.7 Å². The molecular weight excluding hydrogens is 361 g/mol. The van der Waals surface area contributed by atoms with E-state index in [9.17, 15) is 4.39 Å². The van der Waals surface area contributed by atoms with Crippen LogP contribution in [0, 0.1) is 0 Å². The van der Waals surface area contributed by atoms with Crippen molar-refractivity contribution in [3.05, 3.63) is 72.3 Å². The van der Waals surface area contributed by atoms with E-state index in [1.54, 1.807) is 18.5 Å². The summed E-state index contributed by atoms with van der Waals surface area (Å²) in [7, 11) is 0. The number of imidazole rings is 1. The molecule has 0 radical (unpaired) electrons. The van der Waals surface area contributed by atoms with Gasteiger partial charge in [-0.25, -0.2) is 9.37 Å². The van der Waals surface area contributed by atoms with Gasteiger partial charge in [0.2, 0.25) is 0 Å². The lowest BCUT2D eigenvalue weighted by Crippen LogP contribution is -1.97. The summed E-state index contributed by atoms with van der Waals surface area (Å²) in [4.78, 5) is 8.54. The lowest BCUT2D eigenvalue weighted by Gasteiger charge is -2.07. The van der Waals surface area contributed by atoms with Crippen molar-refractivity contribution < 1.29 is 4.39 Å². The maximum absolute atomic E-state index is 12.4. The average molecular weight is 396 g/mol. The largest absolute Gasteiger partial charge is 0.328 e. The van der Waals surface area contributed by atoms with Gasteiger partial charge in [-0.1, -0.05) is 53.0 Å². The van der Waals surface area contributed by atoms with Crippen LogP contribution in [-0.2, 0) is 6.67 Å². The third-order valence-corrected chi connectivity index (χ3v) is 4.40. The summed E-state index contributed by atoms with van der Waals surface area (Å²) in [5, 5.41) is 0. The van der Waals surface area contributed by atoms with E-state index in [-0.39, 0.29) is 0 Å². The maximum atomic E-state index is 12.4. The number of hydrogen-bond donors (Lipinski definition) is 0. The lowest BCUT2D eigenvalue weighted by molar-refractivity contribution is 0.485. The molecule has 0 fully saturated rings. The monoisotopic (exact) mass is 395 g/mol. The molecule has 1 aromatic carbocycles. The highest BCUT2D eigenvalue weighted by atomic mass is 19.1. The number of nitrogens with zero attached hydrogens (tertiary/aromatic N) is 3. The van der Waals surface area contributed by atoms with E-state index in [2.05, 4.69) is 61.5 Å². The predicted molar refractivity (Wildman–Crippen MR) is 125 cm³/mol. The second-order valence-corrected chi connectivity index (χ2v) is 7.01. The Balaban J connectivity index is 0.000000268. The molecule has 0 aliphatic rings. The van der Waals surface area contributed by atoms with Crippen molar-refractivity contribution >= 4 is 23.2 Å². The summed E-state index contributed by atoms with van der Waals surface area (Å²) >= 11 is 0. The first kappa shape index (κ1) is 24.3. The topological polar surface area (TPSA) is 30.7 Å². The molecule has 2 heterocycles. The molecule has 0 N–H and O–H groups in total. The third kappa shape index (κ3) is 6.38. The minimum Gasteiger partial charge on any atom is -0.328 e. The van der Waals surface area contributed by atoms with Crippen molar-refractivity contribution in [1.29, 1.82) is 0 Å². The molecule has 0 saturated carbocycles. The Kier molecular flexibility index (Phi) is 10.0. The van der Waals surface area contributed by atoms with Crippen LogP contribution in [0.3, 0.4) is 0 Å². The molecule has 4 heteroatoms. The van der Waals surface area contributed by atoms with Crippen LogP contribution in [-0.4, -0.2) is 14.5 Å². The van der Waals surface area contributed by atoms with Crippen LogP contribution in [0.2, 0.25) is 0 Å². The first-order valence-electron chi connectivity index (χ1n) is 10.2. The van der Waals surface area contributed by atoms with Gasteiger partial charge in [0.25, 0.3) is 0 Å². The maximum Gasteiger partial charge on any atom is 0.115 e. The Morgan fingerprint density at radius 3 is 2.24 bits per heavy atom. The van der Waals surface area contributed by atoms with Crippen LogP contribution in [0.1, 0.15) is 75.9 Å². The minimum absolute atomic E-state index is 0.385. The number of benzene rings is 1. The average Bonchev–Trinajstić information content (AvgIpc) is 3.18. The fourth-order valence-corrected chi connectivity index (χ4v) is 2.73. The molecule has 0 aliphatic carbocycles. The molecule has 0 spiro atoms. The van der Waals surface area contributed by atoms with Crippen molar-refractivity contribution in [2.75, 3.05) is 0 Å². The highest BCUT2D eigenvalue weighted by Gasteiger charge is 2.05. The molecule has 3 rings (SSSR count). The van der Waals surface area contributed by atoms with Gasteiger partial charge < -0.3 is 4.57 Å². The van der Waals surface area contributed by atoms with Crippen molar-refractivity contribution in [2.24, 2.45) is 0 Å². The normalized spacial score (nSPS) is 10.2. The van der Waals surface area contributed by atoms with Crippen LogP contribution in [0.4, 0.5) is 4.39 Å². The van der Waals surface area contributed by atoms with E-state index in [0.29, 0.717) is 17.5 Å². The molecule has 0 atom stereocenters. The third-order valence-electron chi connectivity index (χ3n) is 4.40. The lowest BCUT2D eigenvalue weighted by atomic mass is 10.0. The first-order chi connectivity index (χ1) is 13.9. The van der Waals surface area contributed by atoms with Crippen molar-refractivity contribution in [3.63, 3.8) is 0 Å². The zero-order valence-electron chi connectivity index (χ0n) is 18.6. The first-order valence-corrected chi connectivity index (χ1v) is 10.2. The Bertz CT molecular complexity index is 923. The number of aromatic nitrogens is 3. The smallest absolute Gasteiger partial charge is 0.115 e. The van der Waals surface area contributed by atoms with Crippen molar-refractivity contribution in [1.82, 2.24) is 14.5 Å². The van der Waals surface area contributed by atoms with E-state index in [0.717, 1.165) is 22.3 Å². The number of alkyl halides is 1. The predicted octanol–water partition coefficient (Wildman–Crippen LogP) is 7.60. The number of hydrogen-bond acceptors (Lipinski definition) is 2. The molecular formula is C25H34FN3. The number of rotatable bonds is 5. The molecule has 2 aromatic heterocycles. The molecule has 0 amide bonds. The standard InChI is InChI=1S/C12H15N.C11H13FN2.C2H6/c1-5-10-7-11(9(3)4)8-13-12(10)6-2;1-8(2)14-7-13-10-5-9(6-12)3-4-11(10)14;1-2/h5-9H,1-2H2,3-4H3;3-5,7-8H,6H2,1-2H3;1-2H3. The minimum atomic E-state index is -0.426. The molecule has 0 saturated heterocycles. The van der Waals surface area contributed by atoms with Crippen molar-refractivity contribution in [3.8, 4) is 0 Å². The quantitative estimate of drug-likeness (QED) is 0.445. The zero-order chi connectivity index (χ0) is 22.0. The zero-order valence-corrected chi connectivity index (χ0v) is 18.6. The molecule has 3 aromatic rings. The fourth-order valence-electron chi connectivity index (χ4n) is 2.73. The summed E-state index contributed by atoms with van der Waals surface area (Å²) in [5.74, 6) is 0.505. The number of halogens is 1. The molecule has 156 valence electrons. The van der Waals surface area contributed by atoms with E-state index in [4.69, 9.17) is 0 Å². The van der Waals surface area contributed by atoms with Gasteiger partial charge in [-0.3, -0.25) is 4.98 Å². The Labute approximate surface area is 175 Å². The van der Waals surface area contributed by atoms with E-state index in [1.165, 1.54) is 5.56 Å². The van der Waals surface area contributed by atoms with Crippen molar-refractivity contribution in [2.45, 2.75) is 60.2 Å². The molecule has 0 unspecified atom stereocenters. The second-order valence-electron chi connectivity index (χ2n) is 7.01. The van der Waals surface area contributed by atoms with Gasteiger partial charge in [0, 0.05) is 12.2 Å². The summed E-state index contributed by atoms with van der Waals surface area (Å²) in [6.07, 6.45) is 7.27. The summed E-state index contributed by atoms with van der Waals surface area (Å²) < 4.78 is 14.5. The Morgan fingerprint density at radius 2 is 1.72 bits per heavy atom. The molecule has 29 heavy (non-hydrogen) atoms. The van der Waals surface area contributed by atoms with E-state index >= 15 is 0 Å². The summed E-state index contributed by atoms with van der Waals surface area (Å²) in [6, 6.07) is 8.03. The van der Waals surface area contributed by atoms with Crippen LogP contribution in [0.15, 0.2) is 49.9 Å². The van der Waals surface area contributed by atoms with Crippen LogP contribution < -0.4 is 0 Å². The SMILES string of the molecule is C=Cc1cc(C(C)C)cnc1C=C.CC.CC(C)n1cnc2cc(CF)ccc21. The van der Waals surface area contributed by atoms with Gasteiger partial charge in [-0.2, -0.15) is 0 Å². The molecule has 0 bridgehead atoms. The van der Waals surface area contributed by atoms with Gasteiger partial charge in [0.1, 0.15) is 6.67 Å². The Hall–Kier alpha value is -2.75. The van der Waals surface area contributed by atoms with Gasteiger partial charge in [-0.15, -0.1) is 0 Å². The summed E-state index contributed by atoms with van der Waals surface area (Å²) in [5.41, 5.74) is 5.82. The number of fused-ring (bicyclic) bond motifs is 1. The van der Waals surface area contributed by atoms with Crippen LogP contribution >= 0.6 is 0 Å². The van der Waals surface area contributed by atoms with Gasteiger partial charge in [0.15, 0.2) is 0 Å².